The summed E-state index contributed by atoms with van der Waals surface area (Å²) < 4.78 is 5.33. The first-order valence-corrected chi connectivity index (χ1v) is 6.79. The second-order valence-corrected chi connectivity index (χ2v) is 5.14. The van der Waals surface area contributed by atoms with Crippen LogP contribution in [0.1, 0.15) is 46.5 Å². The third-order valence-electron chi connectivity index (χ3n) is 3.99. The van der Waals surface area contributed by atoms with Crippen molar-refractivity contribution in [2.24, 2.45) is 0 Å². The second-order valence-electron chi connectivity index (χ2n) is 5.14. The fraction of sp³-hybridized carbons (Fsp3) is 0.857. The molecule has 17 heavy (non-hydrogen) atoms. The SMILES string of the molecule is CC.[B]C1CCCC2=C1CC(C)(COC)N2C. The van der Waals surface area contributed by atoms with Crippen molar-refractivity contribution in [3.8, 4) is 0 Å². The Hall–Kier alpha value is -0.435. The Kier molecular flexibility index (Phi) is 5.12. The van der Waals surface area contributed by atoms with E-state index in [2.05, 4.69) is 18.9 Å². The van der Waals surface area contributed by atoms with Crippen molar-refractivity contribution in [2.75, 3.05) is 20.8 Å². The van der Waals surface area contributed by atoms with Crippen molar-refractivity contribution >= 4 is 7.85 Å². The van der Waals surface area contributed by atoms with Crippen molar-refractivity contribution in [1.29, 1.82) is 0 Å². The molecule has 2 unspecified atom stereocenters. The van der Waals surface area contributed by atoms with Gasteiger partial charge in [-0.05, 0) is 26.2 Å². The van der Waals surface area contributed by atoms with E-state index >= 15 is 0 Å². The Morgan fingerprint density at radius 2 is 2.12 bits per heavy atom. The number of nitrogens with zero attached hydrogens (tertiary/aromatic N) is 1. The monoisotopic (exact) mass is 235 g/mol. The third kappa shape index (κ3) is 2.70. The minimum atomic E-state index is 0.126. The minimum Gasteiger partial charge on any atom is -0.382 e. The molecule has 96 valence electrons. The van der Waals surface area contributed by atoms with Gasteiger partial charge >= 0.3 is 0 Å². The standard InChI is InChI=1S/C12H20BNO.C2H6/c1-12(8-15-3)7-9-10(13)5-4-6-11(9)14(12)2;1-2/h10H,4-8H2,1-3H3;1-2H3. The van der Waals surface area contributed by atoms with Crippen LogP contribution in [-0.2, 0) is 4.74 Å². The molecule has 0 fully saturated rings. The molecule has 0 saturated carbocycles. The second kappa shape index (κ2) is 5.95. The molecule has 2 nitrogen and oxygen atoms in total. The Bertz CT molecular complexity index is 290. The lowest BCUT2D eigenvalue weighted by Crippen LogP contribution is -2.42. The third-order valence-corrected chi connectivity index (χ3v) is 3.99. The normalized spacial score (nSPS) is 32.1. The van der Waals surface area contributed by atoms with Gasteiger partial charge in [0, 0.05) is 19.9 Å². The van der Waals surface area contributed by atoms with Gasteiger partial charge < -0.3 is 9.64 Å². The maximum atomic E-state index is 6.17. The average Bonchev–Trinajstić information content (AvgIpc) is 2.58. The van der Waals surface area contributed by atoms with Gasteiger partial charge in [0.25, 0.3) is 0 Å². The molecule has 0 amide bonds. The highest BCUT2D eigenvalue weighted by molar-refractivity contribution is 6.13. The molecule has 1 aliphatic heterocycles. The van der Waals surface area contributed by atoms with Crippen LogP contribution in [-0.4, -0.2) is 39.0 Å². The molecule has 0 spiro atoms. The van der Waals surface area contributed by atoms with Gasteiger partial charge in [-0.2, -0.15) is 0 Å². The average molecular weight is 235 g/mol. The van der Waals surface area contributed by atoms with Gasteiger partial charge in [0.15, 0.2) is 0 Å². The summed E-state index contributed by atoms with van der Waals surface area (Å²) in [7, 11) is 10.1. The van der Waals surface area contributed by atoms with E-state index in [0.717, 1.165) is 19.4 Å². The van der Waals surface area contributed by atoms with Crippen LogP contribution in [0.5, 0.6) is 0 Å². The lowest BCUT2D eigenvalue weighted by Gasteiger charge is -2.35. The molecule has 0 aromatic heterocycles. The zero-order valence-corrected chi connectivity index (χ0v) is 12.0. The van der Waals surface area contributed by atoms with E-state index < -0.39 is 0 Å². The summed E-state index contributed by atoms with van der Waals surface area (Å²) in [5, 5.41) is 0. The van der Waals surface area contributed by atoms with Crippen molar-refractivity contribution in [1.82, 2.24) is 4.90 Å². The molecule has 1 heterocycles. The van der Waals surface area contributed by atoms with E-state index in [1.54, 1.807) is 7.11 Å². The summed E-state index contributed by atoms with van der Waals surface area (Å²) in [4.78, 5) is 2.39. The van der Waals surface area contributed by atoms with Crippen molar-refractivity contribution in [2.45, 2.75) is 57.8 Å². The molecule has 1 aliphatic carbocycles. The van der Waals surface area contributed by atoms with Crippen LogP contribution in [0.15, 0.2) is 11.3 Å². The molecule has 2 radical (unpaired) electrons. The number of methoxy groups -OCH3 is 1. The van der Waals surface area contributed by atoms with Crippen molar-refractivity contribution in [3.63, 3.8) is 0 Å². The maximum absolute atomic E-state index is 6.17. The van der Waals surface area contributed by atoms with Gasteiger partial charge in [-0.25, -0.2) is 0 Å². The molecule has 0 aromatic carbocycles. The fourth-order valence-corrected chi connectivity index (χ4v) is 2.97. The summed E-state index contributed by atoms with van der Waals surface area (Å²) >= 11 is 0. The Balaban J connectivity index is 0.000000686. The number of hydrogen-bond donors (Lipinski definition) is 0. The fourth-order valence-electron chi connectivity index (χ4n) is 2.97. The molecule has 0 saturated heterocycles. The van der Waals surface area contributed by atoms with Gasteiger partial charge in [-0.15, -0.1) is 0 Å². The van der Waals surface area contributed by atoms with Crippen LogP contribution >= 0.6 is 0 Å². The van der Waals surface area contributed by atoms with Gasteiger partial charge in [0.1, 0.15) is 0 Å². The Labute approximate surface area is 108 Å². The molecule has 2 rings (SSSR count). The van der Waals surface area contributed by atoms with Crippen molar-refractivity contribution in [3.05, 3.63) is 11.3 Å². The summed E-state index contributed by atoms with van der Waals surface area (Å²) in [6.07, 6.45) is 4.65. The molecule has 0 N–H and O–H groups in total. The van der Waals surface area contributed by atoms with Gasteiger partial charge in [0.2, 0.25) is 0 Å². The highest BCUT2D eigenvalue weighted by Gasteiger charge is 2.41. The summed E-state index contributed by atoms with van der Waals surface area (Å²) in [6, 6.07) is 0. The topological polar surface area (TPSA) is 12.5 Å². The van der Waals surface area contributed by atoms with Crippen LogP contribution in [0.4, 0.5) is 0 Å². The quantitative estimate of drug-likeness (QED) is 0.682. The van der Waals surface area contributed by atoms with Gasteiger partial charge in [0.05, 0.1) is 20.0 Å². The smallest absolute Gasteiger partial charge is 0.0760 e. The predicted molar refractivity (Wildman–Crippen MR) is 74.4 cm³/mol. The van der Waals surface area contributed by atoms with E-state index in [9.17, 15) is 0 Å². The number of rotatable bonds is 2. The number of likely N-dealkylation sites (N-methyl/N-ethyl adjacent to an activating group) is 1. The van der Waals surface area contributed by atoms with E-state index in [-0.39, 0.29) is 11.4 Å². The first kappa shape index (κ1) is 14.6. The van der Waals surface area contributed by atoms with E-state index in [1.165, 1.54) is 24.1 Å². The number of allylic oxidation sites excluding steroid dienone is 1. The molecule has 2 aliphatic rings. The molecule has 3 heteroatoms. The minimum absolute atomic E-state index is 0.126. The van der Waals surface area contributed by atoms with Crippen LogP contribution in [0.25, 0.3) is 0 Å². The molecule has 2 atom stereocenters. The van der Waals surface area contributed by atoms with E-state index in [4.69, 9.17) is 12.6 Å². The summed E-state index contributed by atoms with van der Waals surface area (Å²) in [5.74, 6) is 0.287. The van der Waals surface area contributed by atoms with Gasteiger partial charge in [-0.1, -0.05) is 31.7 Å². The maximum Gasteiger partial charge on any atom is 0.0760 e. The lowest BCUT2D eigenvalue weighted by molar-refractivity contribution is 0.0691. The summed E-state index contributed by atoms with van der Waals surface area (Å²) in [6.45, 7) is 7.05. The molecule has 0 bridgehead atoms. The van der Waals surface area contributed by atoms with Gasteiger partial charge in [-0.3, -0.25) is 0 Å². The van der Waals surface area contributed by atoms with Crippen LogP contribution < -0.4 is 0 Å². The predicted octanol–water partition coefficient (Wildman–Crippen LogP) is 3.15. The van der Waals surface area contributed by atoms with Crippen LogP contribution in [0.2, 0.25) is 5.82 Å². The first-order valence-electron chi connectivity index (χ1n) is 6.79. The van der Waals surface area contributed by atoms with Crippen molar-refractivity contribution < 1.29 is 4.74 Å². The molecule has 0 aromatic rings. The number of ether oxygens (including phenoxy) is 1. The lowest BCUT2D eigenvalue weighted by atomic mass is 9.71. The zero-order valence-electron chi connectivity index (χ0n) is 12.0. The van der Waals surface area contributed by atoms with E-state index in [0.29, 0.717) is 0 Å². The first-order chi connectivity index (χ1) is 8.08. The highest BCUT2D eigenvalue weighted by Crippen LogP contribution is 2.46. The largest absolute Gasteiger partial charge is 0.382 e. The molecular formula is C14H26BNO. The van der Waals surface area contributed by atoms with E-state index in [1.807, 2.05) is 13.8 Å². The summed E-state index contributed by atoms with van der Waals surface area (Å²) in [5.41, 5.74) is 3.08. The molecular weight excluding hydrogens is 209 g/mol. The zero-order chi connectivity index (χ0) is 13.1. The Morgan fingerprint density at radius 3 is 2.65 bits per heavy atom. The van der Waals surface area contributed by atoms with Crippen LogP contribution in [0, 0.1) is 0 Å². The highest BCUT2D eigenvalue weighted by atomic mass is 16.5. The Morgan fingerprint density at radius 1 is 1.47 bits per heavy atom. The number of hydrogen-bond acceptors (Lipinski definition) is 2. The van der Waals surface area contributed by atoms with Crippen LogP contribution in [0.3, 0.4) is 0 Å².